The van der Waals surface area contributed by atoms with Gasteiger partial charge in [0.1, 0.15) is 5.82 Å². The van der Waals surface area contributed by atoms with E-state index in [2.05, 4.69) is 15.5 Å². The summed E-state index contributed by atoms with van der Waals surface area (Å²) < 4.78 is 37.9. The van der Waals surface area contributed by atoms with E-state index in [9.17, 15) is 17.6 Å². The molecule has 0 saturated carbocycles. The summed E-state index contributed by atoms with van der Waals surface area (Å²) in [6.45, 7) is 0.364. The third-order valence-corrected chi connectivity index (χ3v) is 8.67. The van der Waals surface area contributed by atoms with Crippen molar-refractivity contribution in [3.05, 3.63) is 66.0 Å². The lowest BCUT2D eigenvalue weighted by Gasteiger charge is -2.28. The molecular weight excluding hydrogens is 471 g/mol. The number of benzene rings is 2. The van der Waals surface area contributed by atoms with Gasteiger partial charge >= 0.3 is 0 Å². The first kappa shape index (κ1) is 22.7. The number of nitrogens with zero attached hydrogens (tertiary/aromatic N) is 3. The fraction of sp³-hybridized carbons (Fsp3) is 0.286. The summed E-state index contributed by atoms with van der Waals surface area (Å²) in [6.07, 6.45) is 0.450. The maximum atomic E-state index is 13.3. The molecule has 4 rings (SSSR count). The molecule has 1 aliphatic heterocycles. The lowest BCUT2D eigenvalue weighted by atomic mass is 10.1. The molecule has 0 aliphatic carbocycles. The van der Waals surface area contributed by atoms with Crippen LogP contribution in [0.4, 0.5) is 15.2 Å². The third kappa shape index (κ3) is 6.05. The van der Waals surface area contributed by atoms with Crippen molar-refractivity contribution in [1.82, 2.24) is 15.1 Å². The van der Waals surface area contributed by atoms with E-state index < -0.39 is 9.84 Å². The second-order valence-electron chi connectivity index (χ2n) is 7.36. The fourth-order valence-corrected chi connectivity index (χ4v) is 6.83. The molecule has 7 nitrogen and oxygen atoms in total. The molecule has 1 fully saturated rings. The number of sulfone groups is 1. The Bertz CT molecular complexity index is 1190. The van der Waals surface area contributed by atoms with Gasteiger partial charge in [0.25, 0.3) is 0 Å². The number of carbonyl (C=O) groups is 1. The minimum atomic E-state index is -3.12. The van der Waals surface area contributed by atoms with Crippen molar-refractivity contribution < 1.29 is 17.6 Å². The topological polar surface area (TPSA) is 92.3 Å². The lowest BCUT2D eigenvalue weighted by Crippen LogP contribution is -2.41. The summed E-state index contributed by atoms with van der Waals surface area (Å²) in [7, 11) is -3.12. The molecule has 2 heterocycles. The van der Waals surface area contributed by atoms with Crippen molar-refractivity contribution in [2.75, 3.05) is 22.6 Å². The Labute approximate surface area is 194 Å². The summed E-state index contributed by atoms with van der Waals surface area (Å²) in [5.74, 6) is -0.271. The predicted molar refractivity (Wildman–Crippen MR) is 124 cm³/mol. The first-order valence-corrected chi connectivity index (χ1v) is 13.5. The molecule has 0 spiro atoms. The van der Waals surface area contributed by atoms with Crippen LogP contribution in [0.3, 0.4) is 0 Å². The van der Waals surface area contributed by atoms with Gasteiger partial charge in [0.2, 0.25) is 11.0 Å². The predicted octanol–water partition coefficient (Wildman–Crippen LogP) is 3.73. The summed E-state index contributed by atoms with van der Waals surface area (Å²) in [6, 6.07) is 15.2. The van der Waals surface area contributed by atoms with Gasteiger partial charge in [0.15, 0.2) is 14.2 Å². The molecule has 1 aliphatic rings. The highest BCUT2D eigenvalue weighted by atomic mass is 32.2. The van der Waals surface area contributed by atoms with Crippen molar-refractivity contribution in [1.29, 1.82) is 0 Å². The van der Waals surface area contributed by atoms with Gasteiger partial charge in [-0.15, -0.1) is 10.2 Å². The Balaban J connectivity index is 1.40. The number of nitrogens with one attached hydrogen (secondary N) is 1. The molecule has 3 aromatic rings. The number of anilines is 2. The molecule has 1 atom stereocenters. The van der Waals surface area contributed by atoms with E-state index in [1.54, 1.807) is 17.0 Å². The Hall–Kier alpha value is -2.50. The molecule has 1 saturated heterocycles. The van der Waals surface area contributed by atoms with E-state index in [4.69, 9.17) is 0 Å². The van der Waals surface area contributed by atoms with E-state index in [-0.39, 0.29) is 35.0 Å². The number of carbonyl (C=O) groups excluding carboxylic acids is 1. The molecule has 1 unspecified atom stereocenters. The molecule has 2 aromatic carbocycles. The number of hydrogen-bond acceptors (Lipinski definition) is 8. The molecule has 1 aromatic heterocycles. The van der Waals surface area contributed by atoms with Gasteiger partial charge in [-0.25, -0.2) is 12.8 Å². The number of aromatic nitrogens is 2. The van der Waals surface area contributed by atoms with E-state index in [0.717, 1.165) is 5.56 Å². The van der Waals surface area contributed by atoms with Gasteiger partial charge in [-0.05, 0) is 30.2 Å². The van der Waals surface area contributed by atoms with Crippen LogP contribution in [-0.4, -0.2) is 52.7 Å². The highest BCUT2D eigenvalue weighted by Crippen LogP contribution is 2.29. The van der Waals surface area contributed by atoms with Crippen LogP contribution in [0, 0.1) is 5.82 Å². The second kappa shape index (κ2) is 9.97. The largest absolute Gasteiger partial charge is 0.334 e. The molecule has 0 bridgehead atoms. The van der Waals surface area contributed by atoms with E-state index in [1.165, 1.54) is 35.2 Å². The van der Waals surface area contributed by atoms with Crippen molar-refractivity contribution >= 4 is 49.7 Å². The fourth-order valence-electron chi connectivity index (χ4n) is 3.44. The quantitative estimate of drug-likeness (QED) is 0.479. The van der Waals surface area contributed by atoms with Crippen molar-refractivity contribution in [3.8, 4) is 0 Å². The highest BCUT2D eigenvalue weighted by molar-refractivity contribution is 8.01. The highest BCUT2D eigenvalue weighted by Gasteiger charge is 2.34. The smallest absolute Gasteiger partial charge is 0.233 e. The maximum Gasteiger partial charge on any atom is 0.233 e. The first-order chi connectivity index (χ1) is 15.4. The van der Waals surface area contributed by atoms with E-state index in [0.29, 0.717) is 28.1 Å². The maximum absolute atomic E-state index is 13.3. The Morgan fingerprint density at radius 1 is 1.19 bits per heavy atom. The molecule has 0 radical (unpaired) electrons. The standard InChI is InChI=1S/C21H21FN4O3S3/c22-16-7-4-8-17(11-16)23-20-24-25-21(31-20)30-13-19(27)26(12-15-5-2-1-3-6-15)18-9-10-32(28,29)14-18/h1-8,11,18H,9-10,12-14H2,(H,23,24). The number of rotatable bonds is 8. The molecule has 1 amide bonds. The van der Waals surface area contributed by atoms with Crippen molar-refractivity contribution in [2.24, 2.45) is 0 Å². The van der Waals surface area contributed by atoms with Crippen LogP contribution in [0.15, 0.2) is 58.9 Å². The van der Waals surface area contributed by atoms with Crippen LogP contribution >= 0.6 is 23.1 Å². The number of amides is 1. The van der Waals surface area contributed by atoms with Crippen LogP contribution in [0.1, 0.15) is 12.0 Å². The number of thioether (sulfide) groups is 1. The second-order valence-corrected chi connectivity index (χ2v) is 11.8. The average Bonchev–Trinajstić information content (AvgIpc) is 3.36. The van der Waals surface area contributed by atoms with Gasteiger partial charge in [-0.3, -0.25) is 4.79 Å². The molecular formula is C21H21FN4O3S3. The summed E-state index contributed by atoms with van der Waals surface area (Å²) in [5, 5.41) is 11.6. The molecule has 168 valence electrons. The first-order valence-electron chi connectivity index (χ1n) is 9.91. The van der Waals surface area contributed by atoms with Crippen LogP contribution < -0.4 is 5.32 Å². The minimum absolute atomic E-state index is 0.00322. The van der Waals surface area contributed by atoms with Gasteiger partial charge in [0, 0.05) is 18.3 Å². The zero-order chi connectivity index (χ0) is 22.6. The van der Waals surface area contributed by atoms with Crippen LogP contribution in [0.5, 0.6) is 0 Å². The monoisotopic (exact) mass is 492 g/mol. The Morgan fingerprint density at radius 2 is 2.00 bits per heavy atom. The summed E-state index contributed by atoms with van der Waals surface area (Å²) in [4.78, 5) is 14.7. The normalized spacial score (nSPS) is 17.2. The average molecular weight is 493 g/mol. The molecule has 32 heavy (non-hydrogen) atoms. The molecule has 1 N–H and O–H groups in total. The summed E-state index contributed by atoms with van der Waals surface area (Å²) in [5.41, 5.74) is 1.51. The van der Waals surface area contributed by atoms with Crippen molar-refractivity contribution in [3.63, 3.8) is 0 Å². The minimum Gasteiger partial charge on any atom is -0.334 e. The Morgan fingerprint density at radius 3 is 2.72 bits per heavy atom. The van der Waals surface area contributed by atoms with Crippen molar-refractivity contribution in [2.45, 2.75) is 23.3 Å². The number of halogens is 1. The number of hydrogen-bond donors (Lipinski definition) is 1. The third-order valence-electron chi connectivity index (χ3n) is 4.97. The SMILES string of the molecule is O=C(CSc1nnc(Nc2cccc(F)c2)s1)N(Cc1ccccc1)C1CCS(=O)(=O)C1. The van der Waals surface area contributed by atoms with Crippen LogP contribution in [0.25, 0.3) is 0 Å². The van der Waals surface area contributed by atoms with Gasteiger partial charge in [-0.2, -0.15) is 0 Å². The summed E-state index contributed by atoms with van der Waals surface area (Å²) >= 11 is 2.51. The van der Waals surface area contributed by atoms with E-state index in [1.807, 2.05) is 30.3 Å². The molecule has 11 heteroatoms. The van der Waals surface area contributed by atoms with Crippen LogP contribution in [0.2, 0.25) is 0 Å². The Kier molecular flexibility index (Phi) is 7.07. The zero-order valence-corrected chi connectivity index (χ0v) is 19.4. The van der Waals surface area contributed by atoms with Crippen LogP contribution in [-0.2, 0) is 21.2 Å². The van der Waals surface area contributed by atoms with Gasteiger partial charge in [0.05, 0.1) is 17.3 Å². The van der Waals surface area contributed by atoms with Gasteiger partial charge in [-0.1, -0.05) is 59.5 Å². The van der Waals surface area contributed by atoms with E-state index >= 15 is 0 Å². The zero-order valence-electron chi connectivity index (χ0n) is 17.0. The van der Waals surface area contributed by atoms with Gasteiger partial charge < -0.3 is 10.2 Å². The lowest BCUT2D eigenvalue weighted by molar-refractivity contribution is -0.130.